The van der Waals surface area contributed by atoms with Crippen molar-refractivity contribution in [2.45, 2.75) is 19.4 Å². The highest BCUT2D eigenvalue weighted by Crippen LogP contribution is 2.21. The molecule has 1 atom stereocenters. The quantitative estimate of drug-likeness (QED) is 0.859. The van der Waals surface area contributed by atoms with E-state index in [1.807, 2.05) is 17.9 Å². The van der Waals surface area contributed by atoms with E-state index in [2.05, 4.69) is 10.2 Å². The minimum Gasteiger partial charge on any atom is -0.507 e. The van der Waals surface area contributed by atoms with Gasteiger partial charge in [-0.1, -0.05) is 11.6 Å². The van der Waals surface area contributed by atoms with Crippen LogP contribution in [0.5, 0.6) is 5.75 Å². The molecule has 2 aliphatic heterocycles. The fourth-order valence-electron chi connectivity index (χ4n) is 3.23. The van der Waals surface area contributed by atoms with Crippen LogP contribution in [-0.4, -0.2) is 66.1 Å². The number of aryl methyl sites for hydroxylation is 1. The molecule has 0 saturated carbocycles. The third kappa shape index (κ3) is 3.54. The largest absolute Gasteiger partial charge is 0.507 e. The summed E-state index contributed by atoms with van der Waals surface area (Å²) in [5.41, 5.74) is 1.41. The van der Waals surface area contributed by atoms with Gasteiger partial charge in [0.05, 0.1) is 5.56 Å². The standard InChI is InChI=1S/C16H23N3O2.ClH/c1-12-2-3-15(20)14(10-12)16(21)19-8-6-18(7-9-19)13-4-5-17-11-13;/h2-3,10,13,17,20H,4-9,11H2,1H3;1H. The summed E-state index contributed by atoms with van der Waals surface area (Å²) in [6.45, 7) is 7.41. The number of hydrogen-bond acceptors (Lipinski definition) is 4. The number of phenolic OH excluding ortho intramolecular Hbond substituents is 1. The van der Waals surface area contributed by atoms with Crippen LogP contribution in [0.4, 0.5) is 0 Å². The number of carbonyl (C=O) groups excluding carboxylic acids is 1. The minimum absolute atomic E-state index is 0. The Hall–Kier alpha value is -1.30. The molecule has 0 aliphatic carbocycles. The number of piperazine rings is 1. The van der Waals surface area contributed by atoms with Crippen molar-refractivity contribution in [2.24, 2.45) is 0 Å². The summed E-state index contributed by atoms with van der Waals surface area (Å²) in [7, 11) is 0. The lowest BCUT2D eigenvalue weighted by atomic mass is 10.1. The molecule has 2 fully saturated rings. The van der Waals surface area contributed by atoms with Crippen LogP contribution >= 0.6 is 12.4 Å². The highest BCUT2D eigenvalue weighted by molar-refractivity contribution is 5.97. The van der Waals surface area contributed by atoms with Crippen LogP contribution in [0.3, 0.4) is 0 Å². The van der Waals surface area contributed by atoms with Gasteiger partial charge in [0.15, 0.2) is 0 Å². The van der Waals surface area contributed by atoms with E-state index in [0.717, 1.165) is 44.8 Å². The average Bonchev–Trinajstić information content (AvgIpc) is 3.03. The summed E-state index contributed by atoms with van der Waals surface area (Å²) >= 11 is 0. The van der Waals surface area contributed by atoms with E-state index in [0.29, 0.717) is 11.6 Å². The van der Waals surface area contributed by atoms with E-state index in [-0.39, 0.29) is 24.1 Å². The number of aromatic hydroxyl groups is 1. The van der Waals surface area contributed by atoms with Crippen molar-refractivity contribution in [1.29, 1.82) is 0 Å². The van der Waals surface area contributed by atoms with Gasteiger partial charge in [0.25, 0.3) is 5.91 Å². The van der Waals surface area contributed by atoms with Crippen LogP contribution in [-0.2, 0) is 0 Å². The zero-order valence-electron chi connectivity index (χ0n) is 12.9. The van der Waals surface area contributed by atoms with Gasteiger partial charge in [0.1, 0.15) is 5.75 Å². The van der Waals surface area contributed by atoms with Crippen LogP contribution < -0.4 is 5.32 Å². The van der Waals surface area contributed by atoms with Gasteiger partial charge in [0.2, 0.25) is 0 Å². The van der Waals surface area contributed by atoms with Crippen molar-refractivity contribution in [3.05, 3.63) is 29.3 Å². The number of benzene rings is 1. The zero-order chi connectivity index (χ0) is 14.8. The summed E-state index contributed by atoms with van der Waals surface area (Å²) < 4.78 is 0. The number of rotatable bonds is 2. The average molecular weight is 326 g/mol. The molecule has 6 heteroatoms. The second kappa shape index (κ2) is 7.31. The van der Waals surface area contributed by atoms with E-state index in [4.69, 9.17) is 0 Å². The van der Waals surface area contributed by atoms with Gasteiger partial charge in [-0.2, -0.15) is 0 Å². The van der Waals surface area contributed by atoms with Crippen molar-refractivity contribution < 1.29 is 9.90 Å². The smallest absolute Gasteiger partial charge is 0.257 e. The molecule has 2 heterocycles. The maximum atomic E-state index is 12.5. The Morgan fingerprint density at radius 3 is 2.64 bits per heavy atom. The fraction of sp³-hybridized carbons (Fsp3) is 0.562. The van der Waals surface area contributed by atoms with E-state index >= 15 is 0 Å². The van der Waals surface area contributed by atoms with Gasteiger partial charge in [0, 0.05) is 38.8 Å². The van der Waals surface area contributed by atoms with Crippen LogP contribution in [0.25, 0.3) is 0 Å². The van der Waals surface area contributed by atoms with Gasteiger partial charge in [-0.15, -0.1) is 12.4 Å². The molecule has 122 valence electrons. The van der Waals surface area contributed by atoms with Crippen molar-refractivity contribution in [1.82, 2.24) is 15.1 Å². The lowest BCUT2D eigenvalue weighted by molar-refractivity contribution is 0.0581. The predicted octanol–water partition coefficient (Wildman–Crippen LogP) is 1.24. The SMILES string of the molecule is Cc1ccc(O)c(C(=O)N2CCN(C3CCNC3)CC2)c1.Cl. The summed E-state index contributed by atoms with van der Waals surface area (Å²) in [6, 6.07) is 5.81. The van der Waals surface area contributed by atoms with E-state index in [1.54, 1.807) is 12.1 Å². The summed E-state index contributed by atoms with van der Waals surface area (Å²) in [6.07, 6.45) is 1.20. The Bertz CT molecular complexity index is 524. The Labute approximate surface area is 137 Å². The Kier molecular flexibility index (Phi) is 5.67. The normalized spacial score (nSPS) is 22.4. The Balaban J connectivity index is 0.00000176. The molecule has 5 nitrogen and oxygen atoms in total. The van der Waals surface area contributed by atoms with Gasteiger partial charge in [-0.05, 0) is 32.0 Å². The molecule has 2 aliphatic rings. The number of phenols is 1. The second-order valence-corrected chi connectivity index (χ2v) is 6.00. The number of halogens is 1. The van der Waals surface area contributed by atoms with Crippen LogP contribution in [0, 0.1) is 6.92 Å². The minimum atomic E-state index is -0.0552. The van der Waals surface area contributed by atoms with Crippen LogP contribution in [0.2, 0.25) is 0 Å². The first-order chi connectivity index (χ1) is 10.1. The maximum absolute atomic E-state index is 12.5. The molecule has 1 amide bonds. The van der Waals surface area contributed by atoms with E-state index < -0.39 is 0 Å². The van der Waals surface area contributed by atoms with Gasteiger partial charge < -0.3 is 15.3 Å². The number of nitrogens with zero attached hydrogens (tertiary/aromatic N) is 2. The van der Waals surface area contributed by atoms with Crippen molar-refractivity contribution >= 4 is 18.3 Å². The molecule has 0 radical (unpaired) electrons. The number of carbonyl (C=O) groups is 1. The van der Waals surface area contributed by atoms with Gasteiger partial charge in [-0.3, -0.25) is 9.69 Å². The highest BCUT2D eigenvalue weighted by atomic mass is 35.5. The molecule has 1 unspecified atom stereocenters. The first kappa shape index (κ1) is 17.1. The van der Waals surface area contributed by atoms with E-state index in [1.165, 1.54) is 6.42 Å². The molecule has 3 rings (SSSR count). The molecule has 22 heavy (non-hydrogen) atoms. The summed E-state index contributed by atoms with van der Waals surface area (Å²) in [5.74, 6) is 0.0217. The molecular formula is C16H24ClN3O2. The topological polar surface area (TPSA) is 55.8 Å². The zero-order valence-corrected chi connectivity index (χ0v) is 13.7. The van der Waals surface area contributed by atoms with Gasteiger partial charge in [-0.25, -0.2) is 0 Å². The first-order valence-electron chi connectivity index (χ1n) is 7.69. The van der Waals surface area contributed by atoms with Gasteiger partial charge >= 0.3 is 0 Å². The molecule has 0 aromatic heterocycles. The molecule has 1 aromatic carbocycles. The third-order valence-corrected chi connectivity index (χ3v) is 4.53. The van der Waals surface area contributed by atoms with Crippen molar-refractivity contribution in [2.75, 3.05) is 39.3 Å². The maximum Gasteiger partial charge on any atom is 0.257 e. The molecule has 2 saturated heterocycles. The number of amides is 1. The molecule has 1 aromatic rings. The molecule has 0 spiro atoms. The van der Waals surface area contributed by atoms with Crippen molar-refractivity contribution in [3.63, 3.8) is 0 Å². The Morgan fingerprint density at radius 1 is 1.27 bits per heavy atom. The monoisotopic (exact) mass is 325 g/mol. The van der Waals surface area contributed by atoms with Crippen molar-refractivity contribution in [3.8, 4) is 5.75 Å². The first-order valence-corrected chi connectivity index (χ1v) is 7.69. The molecule has 2 N–H and O–H groups in total. The highest BCUT2D eigenvalue weighted by Gasteiger charge is 2.28. The Morgan fingerprint density at radius 2 is 2.00 bits per heavy atom. The summed E-state index contributed by atoms with van der Waals surface area (Å²) in [5, 5.41) is 13.3. The predicted molar refractivity (Wildman–Crippen MR) is 88.8 cm³/mol. The number of hydrogen-bond donors (Lipinski definition) is 2. The number of nitrogens with one attached hydrogen (secondary N) is 1. The lowest BCUT2D eigenvalue weighted by Gasteiger charge is -2.37. The fourth-order valence-corrected chi connectivity index (χ4v) is 3.23. The summed E-state index contributed by atoms with van der Waals surface area (Å²) in [4.78, 5) is 16.9. The third-order valence-electron chi connectivity index (χ3n) is 4.53. The van der Waals surface area contributed by atoms with Crippen LogP contribution in [0.15, 0.2) is 18.2 Å². The second-order valence-electron chi connectivity index (χ2n) is 6.00. The van der Waals surface area contributed by atoms with E-state index in [9.17, 15) is 9.90 Å². The lowest BCUT2D eigenvalue weighted by Crippen LogP contribution is -2.52. The molecule has 0 bridgehead atoms. The molecular weight excluding hydrogens is 302 g/mol. The van der Waals surface area contributed by atoms with Crippen LogP contribution in [0.1, 0.15) is 22.3 Å².